The summed E-state index contributed by atoms with van der Waals surface area (Å²) in [7, 11) is 0. The molecule has 3 aromatic rings. The maximum absolute atomic E-state index is 14.5. The van der Waals surface area contributed by atoms with Gasteiger partial charge in [-0.1, -0.05) is 0 Å². The molecule has 2 aliphatic heterocycles. The van der Waals surface area contributed by atoms with E-state index in [1.165, 1.54) is 22.0 Å². The van der Waals surface area contributed by atoms with Crippen LogP contribution in [0.1, 0.15) is 42.5 Å². The molecule has 2 atom stereocenters. The highest BCUT2D eigenvalue weighted by Crippen LogP contribution is 2.34. The number of nitrogens with zero attached hydrogens (tertiary/aromatic N) is 6. The lowest BCUT2D eigenvalue weighted by atomic mass is 9.99. The average molecular weight is 365 g/mol. The third-order valence-electron chi connectivity index (χ3n) is 5.62. The lowest BCUT2D eigenvalue weighted by molar-refractivity contribution is 0.423. The fraction of sp³-hybridized carbons (Fsp3) is 0.421. The molecule has 138 valence electrons. The van der Waals surface area contributed by atoms with Crippen molar-refractivity contribution in [3.63, 3.8) is 0 Å². The van der Waals surface area contributed by atoms with Crippen molar-refractivity contribution in [2.75, 3.05) is 11.4 Å². The molecule has 5 heterocycles. The van der Waals surface area contributed by atoms with Gasteiger partial charge in [-0.3, -0.25) is 4.68 Å². The van der Waals surface area contributed by atoms with Crippen LogP contribution in [0.15, 0.2) is 18.3 Å². The van der Waals surface area contributed by atoms with Crippen LogP contribution in [0.2, 0.25) is 0 Å². The quantitative estimate of drug-likeness (QED) is 0.715. The molecule has 0 spiro atoms. The Labute approximate surface area is 156 Å². The first kappa shape index (κ1) is 16.3. The van der Waals surface area contributed by atoms with Gasteiger partial charge in [0.05, 0.1) is 35.9 Å². The number of halogens is 1. The molecule has 0 bridgehead atoms. The Hall–Kier alpha value is -2.92. The Bertz CT molecular complexity index is 1090. The van der Waals surface area contributed by atoms with Crippen molar-refractivity contribution >= 4 is 11.2 Å². The maximum Gasteiger partial charge on any atom is 0.171 e. The minimum absolute atomic E-state index is 0.177. The number of nitriles is 1. The topological polar surface area (TPSA) is 74.2 Å². The normalized spacial score (nSPS) is 21.8. The second-order valence-electron chi connectivity index (χ2n) is 7.50. The van der Waals surface area contributed by atoms with E-state index in [9.17, 15) is 9.65 Å². The summed E-state index contributed by atoms with van der Waals surface area (Å²) >= 11 is 0. The molecule has 5 rings (SSSR count). The molecule has 8 heteroatoms. The summed E-state index contributed by atoms with van der Waals surface area (Å²) < 4.78 is 18.0. The minimum atomic E-state index is -0.409. The van der Waals surface area contributed by atoms with Crippen LogP contribution in [0.3, 0.4) is 0 Å². The van der Waals surface area contributed by atoms with E-state index in [0.29, 0.717) is 23.8 Å². The van der Waals surface area contributed by atoms with E-state index in [2.05, 4.69) is 39.9 Å². The Balaban J connectivity index is 1.62. The van der Waals surface area contributed by atoms with Crippen molar-refractivity contribution in [2.45, 2.75) is 45.4 Å². The van der Waals surface area contributed by atoms with Gasteiger partial charge in [0.1, 0.15) is 17.3 Å². The van der Waals surface area contributed by atoms with Gasteiger partial charge in [-0.25, -0.2) is 8.91 Å². The molecule has 0 amide bonds. The molecular weight excluding hydrogens is 345 g/mol. The number of rotatable bonds is 1. The molecule has 0 radical (unpaired) electrons. The van der Waals surface area contributed by atoms with Gasteiger partial charge in [-0.2, -0.15) is 15.5 Å². The maximum atomic E-state index is 14.5. The van der Waals surface area contributed by atoms with E-state index in [1.807, 2.05) is 6.07 Å². The van der Waals surface area contributed by atoms with Crippen molar-refractivity contribution in [3.8, 4) is 6.07 Å². The van der Waals surface area contributed by atoms with Crippen LogP contribution in [-0.2, 0) is 19.5 Å². The first-order chi connectivity index (χ1) is 13.1. The van der Waals surface area contributed by atoms with E-state index in [0.717, 1.165) is 30.9 Å². The van der Waals surface area contributed by atoms with Crippen LogP contribution in [-0.4, -0.2) is 32.0 Å². The van der Waals surface area contributed by atoms with Gasteiger partial charge in [0.15, 0.2) is 5.82 Å². The largest absolute Gasteiger partial charge is 0.362 e. The summed E-state index contributed by atoms with van der Waals surface area (Å²) in [5.74, 6) is -0.409. The number of pyridine rings is 1. The lowest BCUT2D eigenvalue weighted by Gasteiger charge is -2.35. The summed E-state index contributed by atoms with van der Waals surface area (Å²) in [5.41, 5.74) is 5.09. The Kier molecular flexibility index (Phi) is 3.49. The van der Waals surface area contributed by atoms with Gasteiger partial charge in [0.2, 0.25) is 0 Å². The minimum Gasteiger partial charge on any atom is -0.362 e. The van der Waals surface area contributed by atoms with Crippen LogP contribution in [0, 0.1) is 17.1 Å². The highest BCUT2D eigenvalue weighted by Gasteiger charge is 2.31. The first-order valence-corrected chi connectivity index (χ1v) is 9.20. The van der Waals surface area contributed by atoms with Crippen molar-refractivity contribution < 1.29 is 4.39 Å². The third-order valence-corrected chi connectivity index (χ3v) is 5.62. The third kappa shape index (κ3) is 2.35. The number of nitrogens with one attached hydrogen (secondary N) is 1. The van der Waals surface area contributed by atoms with Crippen molar-refractivity contribution in [3.05, 3.63) is 46.8 Å². The highest BCUT2D eigenvalue weighted by molar-refractivity contribution is 5.75. The molecular formula is C19H20FN7. The van der Waals surface area contributed by atoms with Gasteiger partial charge >= 0.3 is 0 Å². The van der Waals surface area contributed by atoms with Crippen LogP contribution in [0.5, 0.6) is 0 Å². The number of fused-ring (bicyclic) bond motifs is 4. The van der Waals surface area contributed by atoms with E-state index < -0.39 is 5.82 Å². The smallest absolute Gasteiger partial charge is 0.171 e. The molecule has 2 aliphatic rings. The summed E-state index contributed by atoms with van der Waals surface area (Å²) in [5, 5.41) is 21.6. The molecule has 1 unspecified atom stereocenters. The van der Waals surface area contributed by atoms with E-state index in [4.69, 9.17) is 5.10 Å². The number of anilines is 1. The molecule has 0 aliphatic carbocycles. The predicted octanol–water partition coefficient (Wildman–Crippen LogP) is 2.16. The second-order valence-corrected chi connectivity index (χ2v) is 7.50. The van der Waals surface area contributed by atoms with Gasteiger partial charge in [0.25, 0.3) is 0 Å². The van der Waals surface area contributed by atoms with E-state index in [-0.39, 0.29) is 6.04 Å². The molecule has 7 nitrogen and oxygen atoms in total. The van der Waals surface area contributed by atoms with Crippen molar-refractivity contribution in [1.82, 2.24) is 24.7 Å². The summed E-state index contributed by atoms with van der Waals surface area (Å²) in [6, 6.07) is 6.20. The zero-order chi connectivity index (χ0) is 18.7. The molecule has 3 aromatic heterocycles. The Morgan fingerprint density at radius 2 is 2.19 bits per heavy atom. The zero-order valence-electron chi connectivity index (χ0n) is 15.3. The average Bonchev–Trinajstić information content (AvgIpc) is 3.23. The first-order valence-electron chi connectivity index (χ1n) is 9.20. The Morgan fingerprint density at radius 1 is 1.33 bits per heavy atom. The van der Waals surface area contributed by atoms with Crippen LogP contribution >= 0.6 is 0 Å². The summed E-state index contributed by atoms with van der Waals surface area (Å²) in [6.07, 6.45) is 2.13. The number of aromatic nitrogens is 4. The molecule has 1 N–H and O–H groups in total. The van der Waals surface area contributed by atoms with Gasteiger partial charge in [0, 0.05) is 24.7 Å². The monoisotopic (exact) mass is 365 g/mol. The Morgan fingerprint density at radius 3 is 3.00 bits per heavy atom. The van der Waals surface area contributed by atoms with Crippen LogP contribution < -0.4 is 10.2 Å². The second kappa shape index (κ2) is 5.79. The summed E-state index contributed by atoms with van der Waals surface area (Å²) in [6.45, 7) is 6.51. The standard InChI is InChI=1S/C19H20FN7/c1-11-5-14-16(8-22-11)24-26-12(2)9-25(10-18(14)26)17-4-3-13(6-21)27-19(17)15(20)7-23-27/h3-4,7,11-12,22H,5,8-10H2,1-2H3/t11?,12-/m1/s1. The van der Waals surface area contributed by atoms with E-state index >= 15 is 0 Å². The molecule has 0 aromatic carbocycles. The van der Waals surface area contributed by atoms with Crippen LogP contribution in [0.25, 0.3) is 5.52 Å². The fourth-order valence-corrected chi connectivity index (χ4v) is 4.33. The highest BCUT2D eigenvalue weighted by atomic mass is 19.1. The zero-order valence-corrected chi connectivity index (χ0v) is 15.3. The molecule has 0 saturated heterocycles. The van der Waals surface area contributed by atoms with Gasteiger partial charge in [-0.15, -0.1) is 0 Å². The van der Waals surface area contributed by atoms with Gasteiger partial charge < -0.3 is 10.2 Å². The molecule has 0 fully saturated rings. The molecule has 0 saturated carbocycles. The van der Waals surface area contributed by atoms with Gasteiger partial charge in [-0.05, 0) is 32.4 Å². The number of hydrogen-bond acceptors (Lipinski definition) is 5. The summed E-state index contributed by atoms with van der Waals surface area (Å²) in [4.78, 5) is 2.18. The number of hydrogen-bond donors (Lipinski definition) is 1. The van der Waals surface area contributed by atoms with E-state index in [1.54, 1.807) is 6.07 Å². The predicted molar refractivity (Wildman–Crippen MR) is 97.9 cm³/mol. The lowest BCUT2D eigenvalue weighted by Crippen LogP contribution is -2.38. The van der Waals surface area contributed by atoms with Crippen molar-refractivity contribution in [1.29, 1.82) is 5.26 Å². The van der Waals surface area contributed by atoms with Crippen LogP contribution in [0.4, 0.5) is 10.1 Å². The fourth-order valence-electron chi connectivity index (χ4n) is 4.33. The SMILES string of the molecule is CC1Cc2c(nn3c2CN(c2ccc(C#N)n4ncc(F)c24)C[C@H]3C)CN1. The molecule has 27 heavy (non-hydrogen) atoms. The van der Waals surface area contributed by atoms with Crippen molar-refractivity contribution in [2.24, 2.45) is 0 Å².